The van der Waals surface area contributed by atoms with E-state index in [2.05, 4.69) is 16.0 Å². The number of para-hydroxylation sites is 1. The first kappa shape index (κ1) is 18.6. The second-order valence-corrected chi connectivity index (χ2v) is 7.49. The zero-order chi connectivity index (χ0) is 19.5. The Kier molecular flexibility index (Phi) is 5.40. The molecule has 0 amide bonds. The molecule has 3 aromatic rings. The number of carbonyl (C=O) groups excluding carboxylic acids is 1. The smallest absolute Gasteiger partial charge is 0.186 e. The third kappa shape index (κ3) is 3.92. The topological polar surface area (TPSA) is 36.1 Å². The predicted molar refractivity (Wildman–Crippen MR) is 111 cm³/mol. The lowest BCUT2D eigenvalue weighted by Gasteiger charge is -2.33. The Morgan fingerprint density at radius 3 is 2.75 bits per heavy atom. The molecule has 1 N–H and O–H groups in total. The first-order chi connectivity index (χ1) is 13.6. The van der Waals surface area contributed by atoms with Gasteiger partial charge in [0.2, 0.25) is 0 Å². The normalized spacial score (nSPS) is 19.4. The number of piperidine rings is 1. The summed E-state index contributed by atoms with van der Waals surface area (Å²) in [4.78, 5) is 18.8. The van der Waals surface area contributed by atoms with Crippen LogP contribution in [0.25, 0.3) is 10.9 Å². The monoisotopic (exact) mass is 376 g/mol. The predicted octanol–water partition coefficient (Wildman–Crippen LogP) is 5.00. The number of hydrogen-bond donors (Lipinski definition) is 1. The van der Waals surface area contributed by atoms with Crippen molar-refractivity contribution in [1.82, 2.24) is 9.88 Å². The van der Waals surface area contributed by atoms with Crippen LogP contribution in [0.1, 0.15) is 29.4 Å². The zero-order valence-corrected chi connectivity index (χ0v) is 16.1. The quantitative estimate of drug-likeness (QED) is 0.502. The molecule has 0 radical (unpaired) electrons. The van der Waals surface area contributed by atoms with Crippen LogP contribution in [0.15, 0.2) is 66.2 Å². The number of Topliss-reactive ketones (excluding diaryl/α,β-unsaturated/α-hetero) is 1. The van der Waals surface area contributed by atoms with Gasteiger partial charge in [-0.2, -0.15) is 0 Å². The van der Waals surface area contributed by atoms with E-state index in [-0.39, 0.29) is 17.5 Å². The number of aromatic amines is 1. The number of ketones is 1. The summed E-state index contributed by atoms with van der Waals surface area (Å²) in [5.74, 6) is -0.0705. The van der Waals surface area contributed by atoms with E-state index >= 15 is 0 Å². The lowest BCUT2D eigenvalue weighted by atomic mass is 9.86. The van der Waals surface area contributed by atoms with Crippen LogP contribution >= 0.6 is 0 Å². The average Bonchev–Trinajstić information content (AvgIpc) is 3.17. The van der Waals surface area contributed by atoms with Gasteiger partial charge in [0.1, 0.15) is 5.82 Å². The first-order valence-corrected chi connectivity index (χ1v) is 9.88. The van der Waals surface area contributed by atoms with E-state index in [1.165, 1.54) is 17.7 Å². The van der Waals surface area contributed by atoms with Crippen LogP contribution in [-0.2, 0) is 6.42 Å². The van der Waals surface area contributed by atoms with Gasteiger partial charge in [-0.1, -0.05) is 36.4 Å². The number of rotatable bonds is 5. The highest BCUT2D eigenvalue weighted by molar-refractivity contribution is 6.02. The number of nitrogens with one attached hydrogen (secondary N) is 1. The molecular weight excluding hydrogens is 351 g/mol. The third-order valence-electron chi connectivity index (χ3n) is 5.70. The molecule has 2 heterocycles. The van der Waals surface area contributed by atoms with Crippen molar-refractivity contribution < 1.29 is 9.18 Å². The molecule has 0 unspecified atom stereocenters. The highest BCUT2D eigenvalue weighted by Crippen LogP contribution is 2.28. The number of nitrogens with zero attached hydrogens (tertiary/aromatic N) is 1. The summed E-state index contributed by atoms with van der Waals surface area (Å²) in [6.45, 7) is 4.64. The van der Waals surface area contributed by atoms with Crippen LogP contribution in [0, 0.1) is 11.7 Å². The number of benzene rings is 2. The van der Waals surface area contributed by atoms with E-state index in [9.17, 15) is 9.18 Å². The molecule has 4 rings (SSSR count). The number of aromatic nitrogens is 1. The summed E-state index contributed by atoms with van der Waals surface area (Å²) in [6, 6.07) is 16.7. The highest BCUT2D eigenvalue weighted by atomic mass is 19.1. The fourth-order valence-corrected chi connectivity index (χ4v) is 4.06. The van der Waals surface area contributed by atoms with E-state index < -0.39 is 0 Å². The van der Waals surface area contributed by atoms with Gasteiger partial charge in [-0.25, -0.2) is 4.39 Å². The Bertz CT molecular complexity index is 970. The number of likely N-dealkylation sites (tertiary alicyclic amines) is 1. The molecule has 4 heteroatoms. The fourth-order valence-electron chi connectivity index (χ4n) is 4.06. The largest absolute Gasteiger partial charge is 0.352 e. The van der Waals surface area contributed by atoms with Crippen LogP contribution < -0.4 is 0 Å². The summed E-state index contributed by atoms with van der Waals surface area (Å²) in [6.07, 6.45) is 3.81. The summed E-state index contributed by atoms with van der Waals surface area (Å²) < 4.78 is 13.1. The van der Waals surface area contributed by atoms with Crippen molar-refractivity contribution in [3.8, 4) is 0 Å². The molecule has 1 saturated heterocycles. The van der Waals surface area contributed by atoms with Gasteiger partial charge in [0, 0.05) is 29.9 Å². The molecular formula is C24H25FN2O. The molecule has 3 nitrogen and oxygen atoms in total. The molecule has 1 aliphatic heterocycles. The Hall–Kier alpha value is -2.72. The summed E-state index contributed by atoms with van der Waals surface area (Å²) in [5, 5.41) is 1.07. The van der Waals surface area contributed by atoms with Crippen molar-refractivity contribution in [2.75, 3.05) is 19.6 Å². The SMILES string of the molecule is C/C=C1/CN(CCc2ccc(F)cc2)CC[C@H]1C(=O)c1cc2ccccc2[nH]1. The van der Waals surface area contributed by atoms with Crippen LogP contribution in [0.2, 0.25) is 0 Å². The zero-order valence-electron chi connectivity index (χ0n) is 16.1. The van der Waals surface area contributed by atoms with Gasteiger partial charge in [-0.05, 0) is 61.7 Å². The van der Waals surface area contributed by atoms with Gasteiger partial charge in [0.05, 0.1) is 5.69 Å². The maximum absolute atomic E-state index is 13.1. The van der Waals surface area contributed by atoms with Gasteiger partial charge in [0.15, 0.2) is 5.78 Å². The molecule has 1 fully saturated rings. The molecule has 0 bridgehead atoms. The molecule has 2 aromatic carbocycles. The van der Waals surface area contributed by atoms with Gasteiger partial charge in [0.25, 0.3) is 0 Å². The highest BCUT2D eigenvalue weighted by Gasteiger charge is 2.30. The van der Waals surface area contributed by atoms with Crippen molar-refractivity contribution in [3.63, 3.8) is 0 Å². The third-order valence-corrected chi connectivity index (χ3v) is 5.70. The van der Waals surface area contributed by atoms with E-state index in [4.69, 9.17) is 0 Å². The van der Waals surface area contributed by atoms with Crippen LogP contribution in [-0.4, -0.2) is 35.3 Å². The van der Waals surface area contributed by atoms with E-state index in [0.29, 0.717) is 5.69 Å². The first-order valence-electron chi connectivity index (χ1n) is 9.88. The summed E-state index contributed by atoms with van der Waals surface area (Å²) in [7, 11) is 0. The van der Waals surface area contributed by atoms with E-state index in [1.54, 1.807) is 0 Å². The number of carbonyl (C=O) groups is 1. The molecule has 1 aliphatic rings. The molecule has 1 atom stereocenters. The Morgan fingerprint density at radius 1 is 1.21 bits per heavy atom. The molecule has 0 aliphatic carbocycles. The van der Waals surface area contributed by atoms with Crippen molar-refractivity contribution in [3.05, 3.63) is 83.3 Å². The van der Waals surface area contributed by atoms with Crippen molar-refractivity contribution >= 4 is 16.7 Å². The Balaban J connectivity index is 1.41. The molecule has 144 valence electrons. The minimum absolute atomic E-state index is 0.0554. The minimum atomic E-state index is -0.198. The Labute approximate surface area is 164 Å². The van der Waals surface area contributed by atoms with Crippen LogP contribution in [0.3, 0.4) is 0 Å². The lowest BCUT2D eigenvalue weighted by Crippen LogP contribution is -2.39. The second kappa shape index (κ2) is 8.11. The number of halogens is 1. The second-order valence-electron chi connectivity index (χ2n) is 7.49. The Morgan fingerprint density at radius 2 is 2.00 bits per heavy atom. The van der Waals surface area contributed by atoms with Crippen LogP contribution in [0.5, 0.6) is 0 Å². The standard InChI is InChI=1S/C24H25FN2O/c1-2-18-16-27(13-11-17-7-9-20(25)10-8-17)14-12-21(18)24(28)23-15-19-5-3-4-6-22(19)26-23/h2-10,15,21,26H,11-14,16H2,1H3/b18-2-/t21-/m1/s1. The van der Waals surface area contributed by atoms with Gasteiger partial charge >= 0.3 is 0 Å². The van der Waals surface area contributed by atoms with E-state index in [1.807, 2.05) is 49.4 Å². The summed E-state index contributed by atoms with van der Waals surface area (Å²) >= 11 is 0. The minimum Gasteiger partial charge on any atom is -0.352 e. The van der Waals surface area contributed by atoms with Crippen LogP contribution in [0.4, 0.5) is 4.39 Å². The number of allylic oxidation sites excluding steroid dienone is 1. The maximum Gasteiger partial charge on any atom is 0.186 e. The number of fused-ring (bicyclic) bond motifs is 1. The lowest BCUT2D eigenvalue weighted by molar-refractivity contribution is 0.0896. The molecule has 28 heavy (non-hydrogen) atoms. The van der Waals surface area contributed by atoms with Gasteiger partial charge in [-0.15, -0.1) is 0 Å². The molecule has 0 spiro atoms. The van der Waals surface area contributed by atoms with E-state index in [0.717, 1.165) is 48.9 Å². The van der Waals surface area contributed by atoms with Gasteiger partial charge < -0.3 is 4.98 Å². The average molecular weight is 376 g/mol. The van der Waals surface area contributed by atoms with Crippen molar-refractivity contribution in [2.45, 2.75) is 19.8 Å². The summed E-state index contributed by atoms with van der Waals surface area (Å²) in [5.41, 5.74) is 4.03. The number of hydrogen-bond acceptors (Lipinski definition) is 2. The molecule has 0 saturated carbocycles. The maximum atomic E-state index is 13.1. The fraction of sp³-hybridized carbons (Fsp3) is 0.292. The number of H-pyrrole nitrogens is 1. The van der Waals surface area contributed by atoms with Crippen molar-refractivity contribution in [1.29, 1.82) is 0 Å². The van der Waals surface area contributed by atoms with Crippen molar-refractivity contribution in [2.24, 2.45) is 5.92 Å². The molecule has 1 aromatic heterocycles. The van der Waals surface area contributed by atoms with Gasteiger partial charge in [-0.3, -0.25) is 9.69 Å².